The molecular formula is C14H19NO3. The average molecular weight is 249 g/mol. The first-order valence-electron chi connectivity index (χ1n) is 6.21. The fraction of sp³-hybridized carbons (Fsp3) is 0.500. The lowest BCUT2D eigenvalue weighted by molar-refractivity contribution is -0.167. The lowest BCUT2D eigenvalue weighted by Crippen LogP contribution is -2.49. The minimum atomic E-state index is -1.29. The van der Waals surface area contributed by atoms with Crippen LogP contribution in [0.25, 0.3) is 0 Å². The summed E-state index contributed by atoms with van der Waals surface area (Å²) < 4.78 is 4.64. The molecule has 0 atom stereocenters. The third-order valence-electron chi connectivity index (χ3n) is 3.50. The number of esters is 1. The van der Waals surface area contributed by atoms with E-state index in [1.807, 2.05) is 18.2 Å². The summed E-state index contributed by atoms with van der Waals surface area (Å²) in [5.41, 5.74) is -0.0388. The van der Waals surface area contributed by atoms with Crippen molar-refractivity contribution in [2.24, 2.45) is 0 Å². The lowest BCUT2D eigenvalue weighted by Gasteiger charge is -2.36. The van der Waals surface area contributed by atoms with Gasteiger partial charge < -0.3 is 9.84 Å². The maximum Gasteiger partial charge on any atom is 0.337 e. The van der Waals surface area contributed by atoms with Crippen LogP contribution in [-0.2, 0) is 16.1 Å². The van der Waals surface area contributed by atoms with Gasteiger partial charge in [0.25, 0.3) is 0 Å². The Morgan fingerprint density at radius 3 is 2.50 bits per heavy atom. The second-order valence-electron chi connectivity index (χ2n) is 4.78. The molecule has 0 aliphatic carbocycles. The Morgan fingerprint density at radius 1 is 1.33 bits per heavy atom. The van der Waals surface area contributed by atoms with Gasteiger partial charge in [-0.25, -0.2) is 4.79 Å². The van der Waals surface area contributed by atoms with Crippen LogP contribution < -0.4 is 0 Å². The summed E-state index contributed by atoms with van der Waals surface area (Å²) in [4.78, 5) is 13.7. The van der Waals surface area contributed by atoms with Crippen molar-refractivity contribution in [2.75, 3.05) is 20.2 Å². The third-order valence-corrected chi connectivity index (χ3v) is 3.50. The molecule has 1 aromatic carbocycles. The number of nitrogens with zero attached hydrogens (tertiary/aromatic N) is 1. The maximum atomic E-state index is 11.5. The highest BCUT2D eigenvalue weighted by molar-refractivity contribution is 5.79. The molecule has 4 heteroatoms. The van der Waals surface area contributed by atoms with Gasteiger partial charge in [0.1, 0.15) is 0 Å². The van der Waals surface area contributed by atoms with Crippen LogP contribution in [0.2, 0.25) is 0 Å². The second kappa shape index (κ2) is 5.50. The molecule has 1 saturated heterocycles. The van der Waals surface area contributed by atoms with Crippen LogP contribution in [0.3, 0.4) is 0 Å². The number of piperidine rings is 1. The number of rotatable bonds is 3. The molecule has 1 N–H and O–H groups in total. The van der Waals surface area contributed by atoms with E-state index in [0.29, 0.717) is 25.9 Å². The first kappa shape index (κ1) is 13.1. The summed E-state index contributed by atoms with van der Waals surface area (Å²) in [6.45, 7) is 2.28. The first-order valence-corrected chi connectivity index (χ1v) is 6.21. The number of ether oxygens (including phenoxy) is 1. The van der Waals surface area contributed by atoms with Crippen molar-refractivity contribution in [3.63, 3.8) is 0 Å². The molecule has 4 nitrogen and oxygen atoms in total. The van der Waals surface area contributed by atoms with Crippen molar-refractivity contribution in [2.45, 2.75) is 25.0 Å². The van der Waals surface area contributed by atoms with E-state index in [4.69, 9.17) is 0 Å². The number of methoxy groups -OCH3 is 1. The van der Waals surface area contributed by atoms with E-state index in [9.17, 15) is 9.90 Å². The van der Waals surface area contributed by atoms with Gasteiger partial charge in [-0.05, 0) is 18.4 Å². The summed E-state index contributed by atoms with van der Waals surface area (Å²) >= 11 is 0. The van der Waals surface area contributed by atoms with Gasteiger partial charge in [0, 0.05) is 19.6 Å². The quantitative estimate of drug-likeness (QED) is 0.817. The molecular weight excluding hydrogens is 230 g/mol. The molecule has 1 aliphatic rings. The Balaban J connectivity index is 1.89. The molecule has 0 spiro atoms. The number of aliphatic hydroxyl groups is 1. The Bertz CT molecular complexity index is 397. The van der Waals surface area contributed by atoms with Gasteiger partial charge in [0.2, 0.25) is 0 Å². The Hall–Kier alpha value is -1.39. The Labute approximate surface area is 107 Å². The summed E-state index contributed by atoms with van der Waals surface area (Å²) in [7, 11) is 1.32. The molecule has 1 fully saturated rings. The van der Waals surface area contributed by atoms with Crippen LogP contribution in [0.5, 0.6) is 0 Å². The van der Waals surface area contributed by atoms with Gasteiger partial charge in [-0.2, -0.15) is 0 Å². The van der Waals surface area contributed by atoms with Gasteiger partial charge in [-0.15, -0.1) is 0 Å². The fourth-order valence-electron chi connectivity index (χ4n) is 2.32. The molecule has 18 heavy (non-hydrogen) atoms. The van der Waals surface area contributed by atoms with E-state index in [0.717, 1.165) is 6.54 Å². The second-order valence-corrected chi connectivity index (χ2v) is 4.78. The van der Waals surface area contributed by atoms with Crippen LogP contribution in [0.4, 0.5) is 0 Å². The molecule has 0 amide bonds. The molecule has 98 valence electrons. The van der Waals surface area contributed by atoms with Crippen molar-refractivity contribution in [3.8, 4) is 0 Å². The molecule has 1 heterocycles. The lowest BCUT2D eigenvalue weighted by atomic mass is 9.91. The molecule has 0 radical (unpaired) electrons. The molecule has 1 aromatic rings. The minimum absolute atomic E-state index is 0.437. The standard InChI is InChI=1S/C14H19NO3/c1-18-13(16)14(17)7-9-15(10-8-14)11-12-5-3-2-4-6-12/h2-6,17H,7-11H2,1H3. The van der Waals surface area contributed by atoms with E-state index in [1.54, 1.807) is 0 Å². The highest BCUT2D eigenvalue weighted by Gasteiger charge is 2.40. The minimum Gasteiger partial charge on any atom is -0.467 e. The Kier molecular flexibility index (Phi) is 3.99. The summed E-state index contributed by atoms with van der Waals surface area (Å²) in [5, 5.41) is 10.1. The molecule has 2 rings (SSSR count). The van der Waals surface area contributed by atoms with Gasteiger partial charge >= 0.3 is 5.97 Å². The summed E-state index contributed by atoms with van der Waals surface area (Å²) in [6.07, 6.45) is 0.874. The van der Waals surface area contributed by atoms with E-state index >= 15 is 0 Å². The van der Waals surface area contributed by atoms with E-state index in [1.165, 1.54) is 12.7 Å². The van der Waals surface area contributed by atoms with E-state index in [-0.39, 0.29) is 0 Å². The van der Waals surface area contributed by atoms with Crippen LogP contribution in [0, 0.1) is 0 Å². The monoisotopic (exact) mass is 249 g/mol. The maximum absolute atomic E-state index is 11.5. The van der Waals surface area contributed by atoms with Crippen molar-refractivity contribution < 1.29 is 14.6 Å². The molecule has 0 aromatic heterocycles. The Morgan fingerprint density at radius 2 is 1.94 bits per heavy atom. The molecule has 0 bridgehead atoms. The predicted octanol–water partition coefficient (Wildman–Crippen LogP) is 1.19. The zero-order valence-electron chi connectivity index (χ0n) is 10.6. The zero-order chi connectivity index (χ0) is 13.0. The van der Waals surface area contributed by atoms with E-state index in [2.05, 4.69) is 21.8 Å². The van der Waals surface area contributed by atoms with Crippen molar-refractivity contribution in [1.82, 2.24) is 4.90 Å². The van der Waals surface area contributed by atoms with Gasteiger partial charge in [-0.1, -0.05) is 30.3 Å². The highest BCUT2D eigenvalue weighted by Crippen LogP contribution is 2.24. The highest BCUT2D eigenvalue weighted by atomic mass is 16.5. The van der Waals surface area contributed by atoms with Crippen LogP contribution >= 0.6 is 0 Å². The number of benzene rings is 1. The molecule has 0 saturated carbocycles. The van der Waals surface area contributed by atoms with Crippen molar-refractivity contribution in [3.05, 3.63) is 35.9 Å². The van der Waals surface area contributed by atoms with E-state index < -0.39 is 11.6 Å². The van der Waals surface area contributed by atoms with Crippen molar-refractivity contribution in [1.29, 1.82) is 0 Å². The van der Waals surface area contributed by atoms with Crippen LogP contribution in [0.15, 0.2) is 30.3 Å². The normalized spacial score (nSPS) is 19.4. The van der Waals surface area contributed by atoms with Gasteiger partial charge in [-0.3, -0.25) is 4.90 Å². The predicted molar refractivity (Wildman–Crippen MR) is 67.9 cm³/mol. The van der Waals surface area contributed by atoms with Crippen molar-refractivity contribution >= 4 is 5.97 Å². The molecule has 1 aliphatic heterocycles. The topological polar surface area (TPSA) is 49.8 Å². The van der Waals surface area contributed by atoms with Crippen LogP contribution in [-0.4, -0.2) is 41.8 Å². The average Bonchev–Trinajstić information content (AvgIpc) is 2.42. The first-order chi connectivity index (χ1) is 8.64. The number of carbonyl (C=O) groups is 1. The fourth-order valence-corrected chi connectivity index (χ4v) is 2.32. The van der Waals surface area contributed by atoms with Gasteiger partial charge in [0.05, 0.1) is 7.11 Å². The summed E-state index contributed by atoms with van der Waals surface area (Å²) in [6, 6.07) is 10.2. The summed E-state index contributed by atoms with van der Waals surface area (Å²) in [5.74, 6) is -0.512. The SMILES string of the molecule is COC(=O)C1(O)CCN(Cc2ccccc2)CC1. The number of hydrogen-bond donors (Lipinski definition) is 1. The van der Waals surface area contributed by atoms with Crippen LogP contribution in [0.1, 0.15) is 18.4 Å². The zero-order valence-corrected chi connectivity index (χ0v) is 10.6. The van der Waals surface area contributed by atoms with Gasteiger partial charge in [0.15, 0.2) is 5.60 Å². The number of carbonyl (C=O) groups excluding carboxylic acids is 1. The number of hydrogen-bond acceptors (Lipinski definition) is 4. The number of likely N-dealkylation sites (tertiary alicyclic amines) is 1. The molecule has 0 unspecified atom stereocenters. The third kappa shape index (κ3) is 2.89. The largest absolute Gasteiger partial charge is 0.467 e. The smallest absolute Gasteiger partial charge is 0.337 e.